The van der Waals surface area contributed by atoms with Crippen LogP contribution >= 0.6 is 0 Å². The zero-order valence-electron chi connectivity index (χ0n) is 14.2. The minimum atomic E-state index is -0.477. The zero-order valence-corrected chi connectivity index (χ0v) is 14.2. The third kappa shape index (κ3) is 4.56. The molecule has 0 unspecified atom stereocenters. The van der Waals surface area contributed by atoms with Crippen LogP contribution in [0.1, 0.15) is 5.82 Å². The smallest absolute Gasteiger partial charge is 0.319 e. The Kier molecular flexibility index (Phi) is 5.43. The Morgan fingerprint density at radius 2 is 1.88 bits per heavy atom. The van der Waals surface area contributed by atoms with Gasteiger partial charge in [-0.25, -0.2) is 19.2 Å². The van der Waals surface area contributed by atoms with E-state index in [1.807, 2.05) is 42.1 Å². The van der Waals surface area contributed by atoms with Gasteiger partial charge in [0.25, 0.3) is 0 Å². The molecule has 0 bridgehead atoms. The van der Waals surface area contributed by atoms with Crippen LogP contribution in [-0.4, -0.2) is 33.7 Å². The molecule has 0 aliphatic rings. The Hall–Kier alpha value is -3.42. The van der Waals surface area contributed by atoms with E-state index >= 15 is 0 Å². The van der Waals surface area contributed by atoms with Crippen LogP contribution in [0.5, 0.6) is 0 Å². The van der Waals surface area contributed by atoms with Crippen LogP contribution in [0.4, 0.5) is 20.7 Å². The number of benzene rings is 1. The summed E-state index contributed by atoms with van der Waals surface area (Å²) in [6, 6.07) is 11.2. The Bertz CT molecular complexity index is 881. The predicted molar refractivity (Wildman–Crippen MR) is 98.0 cm³/mol. The van der Waals surface area contributed by atoms with Gasteiger partial charge in [0, 0.05) is 31.5 Å². The lowest BCUT2D eigenvalue weighted by Crippen LogP contribution is -2.33. The molecule has 0 saturated heterocycles. The molecule has 3 aromatic rings. The Balaban J connectivity index is 1.49. The summed E-state index contributed by atoms with van der Waals surface area (Å²) in [7, 11) is 0. The number of carbonyl (C=O) groups excluding carboxylic acids is 1. The second kappa shape index (κ2) is 8.11. The number of nitrogens with zero attached hydrogens (tertiary/aromatic N) is 3. The van der Waals surface area contributed by atoms with Gasteiger partial charge in [0.05, 0.1) is 5.69 Å². The standard InChI is InChI=1S/C18H19FN6O/c1-13-22-16(12-17(23-13)25-10-4-5-11-25)20-8-9-21-18(26)24-15-7-3-2-6-14(15)19/h2-7,10-12H,8-9H2,1H3,(H,20,22,23)(H2,21,24,26). The molecule has 1 aromatic carbocycles. The average Bonchev–Trinajstić information content (AvgIpc) is 3.15. The van der Waals surface area contributed by atoms with Crippen molar-refractivity contribution in [3.8, 4) is 5.82 Å². The van der Waals surface area contributed by atoms with Crippen molar-refractivity contribution in [1.29, 1.82) is 0 Å². The number of urea groups is 1. The first-order valence-electron chi connectivity index (χ1n) is 8.14. The second-order valence-electron chi connectivity index (χ2n) is 5.54. The SMILES string of the molecule is Cc1nc(NCCNC(=O)Nc2ccccc2F)cc(-n2cccc2)n1. The molecule has 0 aliphatic heterocycles. The minimum absolute atomic E-state index is 0.140. The molecular weight excluding hydrogens is 335 g/mol. The molecule has 0 radical (unpaired) electrons. The summed E-state index contributed by atoms with van der Waals surface area (Å²) in [4.78, 5) is 20.5. The molecular formula is C18H19FN6O. The van der Waals surface area contributed by atoms with Gasteiger partial charge in [-0.15, -0.1) is 0 Å². The lowest BCUT2D eigenvalue weighted by atomic mass is 10.3. The van der Waals surface area contributed by atoms with Crippen LogP contribution < -0.4 is 16.0 Å². The molecule has 2 amide bonds. The number of hydrogen-bond donors (Lipinski definition) is 3. The summed E-state index contributed by atoms with van der Waals surface area (Å²) < 4.78 is 15.4. The molecule has 3 N–H and O–H groups in total. The van der Waals surface area contributed by atoms with Crippen LogP contribution in [0.15, 0.2) is 54.9 Å². The Morgan fingerprint density at radius 3 is 2.65 bits per heavy atom. The fourth-order valence-electron chi connectivity index (χ4n) is 2.36. The molecule has 0 fully saturated rings. The maximum absolute atomic E-state index is 13.5. The highest BCUT2D eigenvalue weighted by Gasteiger charge is 2.06. The maximum Gasteiger partial charge on any atom is 0.319 e. The number of aromatic nitrogens is 3. The summed E-state index contributed by atoms with van der Waals surface area (Å²) in [5.74, 6) is 1.59. The number of anilines is 2. The predicted octanol–water partition coefficient (Wildman–Crippen LogP) is 2.95. The Labute approximate surface area is 150 Å². The van der Waals surface area contributed by atoms with E-state index in [1.165, 1.54) is 12.1 Å². The van der Waals surface area contributed by atoms with E-state index in [0.717, 1.165) is 5.82 Å². The molecule has 0 aliphatic carbocycles. The fourth-order valence-corrected chi connectivity index (χ4v) is 2.36. The molecule has 2 heterocycles. The van der Waals surface area contributed by atoms with E-state index in [0.29, 0.717) is 24.7 Å². The van der Waals surface area contributed by atoms with Gasteiger partial charge < -0.3 is 20.5 Å². The summed E-state index contributed by atoms with van der Waals surface area (Å²) in [6.07, 6.45) is 3.81. The second-order valence-corrected chi connectivity index (χ2v) is 5.54. The maximum atomic E-state index is 13.5. The molecule has 134 valence electrons. The molecule has 2 aromatic heterocycles. The number of carbonyl (C=O) groups is 1. The summed E-state index contributed by atoms with van der Waals surface area (Å²) >= 11 is 0. The van der Waals surface area contributed by atoms with Gasteiger partial charge in [0.1, 0.15) is 23.3 Å². The molecule has 3 rings (SSSR count). The first kappa shape index (κ1) is 17.4. The summed E-state index contributed by atoms with van der Waals surface area (Å²) in [5, 5.41) is 8.26. The van der Waals surface area contributed by atoms with Gasteiger partial charge in [-0.05, 0) is 31.2 Å². The average molecular weight is 354 g/mol. The summed E-state index contributed by atoms with van der Waals surface area (Å²) in [5.41, 5.74) is 0.140. The van der Waals surface area contributed by atoms with Crippen molar-refractivity contribution in [2.45, 2.75) is 6.92 Å². The number of amides is 2. The highest BCUT2D eigenvalue weighted by Crippen LogP contribution is 2.12. The molecule has 0 saturated carbocycles. The number of nitrogens with one attached hydrogen (secondary N) is 3. The highest BCUT2D eigenvalue weighted by atomic mass is 19.1. The molecule has 26 heavy (non-hydrogen) atoms. The fraction of sp³-hybridized carbons (Fsp3) is 0.167. The minimum Gasteiger partial charge on any atom is -0.368 e. The van der Waals surface area contributed by atoms with Crippen molar-refractivity contribution >= 4 is 17.5 Å². The number of halogens is 1. The van der Waals surface area contributed by atoms with Crippen molar-refractivity contribution < 1.29 is 9.18 Å². The van der Waals surface area contributed by atoms with Crippen molar-refractivity contribution in [2.75, 3.05) is 23.7 Å². The third-order valence-electron chi connectivity index (χ3n) is 3.53. The first-order valence-corrected chi connectivity index (χ1v) is 8.14. The highest BCUT2D eigenvalue weighted by molar-refractivity contribution is 5.89. The van der Waals surface area contributed by atoms with E-state index in [4.69, 9.17) is 0 Å². The van der Waals surface area contributed by atoms with Gasteiger partial charge >= 0.3 is 6.03 Å². The van der Waals surface area contributed by atoms with E-state index in [1.54, 1.807) is 12.1 Å². The molecule has 0 atom stereocenters. The Morgan fingerprint density at radius 1 is 1.12 bits per heavy atom. The number of rotatable bonds is 6. The number of para-hydroxylation sites is 1. The van der Waals surface area contributed by atoms with Crippen LogP contribution in [0, 0.1) is 12.7 Å². The monoisotopic (exact) mass is 354 g/mol. The molecule has 0 spiro atoms. The van der Waals surface area contributed by atoms with Gasteiger partial charge in [-0.2, -0.15) is 0 Å². The van der Waals surface area contributed by atoms with E-state index < -0.39 is 11.8 Å². The van der Waals surface area contributed by atoms with Crippen LogP contribution in [-0.2, 0) is 0 Å². The lowest BCUT2D eigenvalue weighted by molar-refractivity contribution is 0.252. The van der Waals surface area contributed by atoms with Gasteiger partial charge in [-0.3, -0.25) is 0 Å². The van der Waals surface area contributed by atoms with Crippen molar-refractivity contribution in [2.24, 2.45) is 0 Å². The zero-order chi connectivity index (χ0) is 18.4. The third-order valence-corrected chi connectivity index (χ3v) is 3.53. The quantitative estimate of drug-likeness (QED) is 0.594. The van der Waals surface area contributed by atoms with E-state index in [-0.39, 0.29) is 5.69 Å². The van der Waals surface area contributed by atoms with Gasteiger partial charge in [-0.1, -0.05) is 12.1 Å². The largest absolute Gasteiger partial charge is 0.368 e. The topological polar surface area (TPSA) is 83.9 Å². The number of hydrogen-bond acceptors (Lipinski definition) is 4. The first-order chi connectivity index (χ1) is 12.6. The van der Waals surface area contributed by atoms with E-state index in [2.05, 4.69) is 25.9 Å². The summed E-state index contributed by atoms with van der Waals surface area (Å²) in [6.45, 7) is 2.63. The van der Waals surface area contributed by atoms with Crippen molar-refractivity contribution in [3.63, 3.8) is 0 Å². The van der Waals surface area contributed by atoms with Crippen LogP contribution in [0.2, 0.25) is 0 Å². The molecule has 7 nitrogen and oxygen atoms in total. The van der Waals surface area contributed by atoms with Crippen molar-refractivity contribution in [3.05, 3.63) is 66.5 Å². The van der Waals surface area contributed by atoms with Crippen molar-refractivity contribution in [1.82, 2.24) is 19.9 Å². The van der Waals surface area contributed by atoms with E-state index in [9.17, 15) is 9.18 Å². The number of aryl methyl sites for hydroxylation is 1. The molecule has 8 heteroatoms. The van der Waals surface area contributed by atoms with Crippen LogP contribution in [0.25, 0.3) is 5.82 Å². The normalized spacial score (nSPS) is 10.4. The lowest BCUT2D eigenvalue weighted by Gasteiger charge is -2.11. The van der Waals surface area contributed by atoms with Gasteiger partial charge in [0.15, 0.2) is 0 Å². The van der Waals surface area contributed by atoms with Gasteiger partial charge in [0.2, 0.25) is 0 Å². The van der Waals surface area contributed by atoms with Crippen LogP contribution in [0.3, 0.4) is 0 Å².